The lowest BCUT2D eigenvalue weighted by atomic mass is 9.86. The number of ether oxygens (including phenoxy) is 3. The summed E-state index contributed by atoms with van der Waals surface area (Å²) in [5.74, 6) is 0.784. The van der Waals surface area contributed by atoms with E-state index in [4.69, 9.17) is 19.3 Å². The van der Waals surface area contributed by atoms with Crippen LogP contribution in [-0.2, 0) is 5.41 Å². The average Bonchev–Trinajstić information content (AvgIpc) is 2.58. The van der Waals surface area contributed by atoms with E-state index in [1.807, 2.05) is 19.9 Å². The lowest BCUT2D eigenvalue weighted by Gasteiger charge is -2.23. The first-order valence-corrected chi connectivity index (χ1v) is 9.09. The van der Waals surface area contributed by atoms with Crippen molar-refractivity contribution in [1.29, 1.82) is 0 Å². The molecule has 0 spiro atoms. The molecule has 146 valence electrons. The maximum absolute atomic E-state index is 11.1. The van der Waals surface area contributed by atoms with Crippen molar-refractivity contribution in [1.82, 2.24) is 0 Å². The predicted octanol–water partition coefficient (Wildman–Crippen LogP) is 4.85. The minimum absolute atomic E-state index is 0.0152. The molecular weight excluding hydrogens is 344 g/mol. The number of carboxylic acids is 1. The number of carbonyl (C=O) groups is 1. The molecule has 0 atom stereocenters. The van der Waals surface area contributed by atoms with Crippen molar-refractivity contribution in [2.75, 3.05) is 19.8 Å². The third-order valence-electron chi connectivity index (χ3n) is 4.03. The Morgan fingerprint density at radius 2 is 1.59 bits per heavy atom. The summed E-state index contributed by atoms with van der Waals surface area (Å²) in [6, 6.07) is 10.8. The largest absolute Gasteiger partial charge is 0.490 e. The molecule has 0 aliphatic carbocycles. The maximum atomic E-state index is 11.1. The Kier molecular flexibility index (Phi) is 6.72. The molecule has 0 aliphatic heterocycles. The van der Waals surface area contributed by atoms with Gasteiger partial charge in [-0.1, -0.05) is 32.9 Å². The molecule has 0 aromatic heterocycles. The van der Waals surface area contributed by atoms with Crippen LogP contribution in [0.2, 0.25) is 0 Å². The number of carboxylic acid groups (broad SMARTS) is 1. The Hall–Kier alpha value is -2.69. The van der Waals surface area contributed by atoms with Gasteiger partial charge >= 0.3 is 5.97 Å². The first kappa shape index (κ1) is 20.6. The number of aromatic carboxylic acids is 1. The summed E-state index contributed by atoms with van der Waals surface area (Å²) in [7, 11) is 0. The summed E-state index contributed by atoms with van der Waals surface area (Å²) < 4.78 is 17.2. The average molecular weight is 372 g/mol. The van der Waals surface area contributed by atoms with Crippen LogP contribution in [0.3, 0.4) is 0 Å². The summed E-state index contributed by atoms with van der Waals surface area (Å²) in [6.07, 6.45) is 0. The van der Waals surface area contributed by atoms with Gasteiger partial charge in [-0.2, -0.15) is 0 Å². The highest BCUT2D eigenvalue weighted by molar-refractivity contribution is 5.88. The van der Waals surface area contributed by atoms with Gasteiger partial charge in [-0.3, -0.25) is 0 Å². The monoisotopic (exact) mass is 372 g/mol. The van der Waals surface area contributed by atoms with Gasteiger partial charge in [0.1, 0.15) is 19.0 Å². The van der Waals surface area contributed by atoms with Gasteiger partial charge in [-0.05, 0) is 54.7 Å². The fourth-order valence-corrected chi connectivity index (χ4v) is 2.70. The first-order chi connectivity index (χ1) is 12.7. The molecule has 0 saturated carbocycles. The number of rotatable bonds is 8. The highest BCUT2D eigenvalue weighted by Gasteiger charge is 2.19. The number of hydrogen-bond donors (Lipinski definition) is 1. The molecule has 0 radical (unpaired) electrons. The Morgan fingerprint density at radius 3 is 2.19 bits per heavy atom. The lowest BCUT2D eigenvalue weighted by Crippen LogP contribution is -2.16. The minimum atomic E-state index is -1.00. The second-order valence-corrected chi connectivity index (χ2v) is 7.35. The molecule has 1 N–H and O–H groups in total. The summed E-state index contributed by atoms with van der Waals surface area (Å²) in [6.45, 7) is 11.5. The topological polar surface area (TPSA) is 65.0 Å². The summed E-state index contributed by atoms with van der Waals surface area (Å²) >= 11 is 0. The number of aryl methyl sites for hydroxylation is 1. The highest BCUT2D eigenvalue weighted by atomic mass is 16.5. The van der Waals surface area contributed by atoms with Crippen LogP contribution >= 0.6 is 0 Å². The third kappa shape index (κ3) is 5.64. The molecule has 0 saturated heterocycles. The van der Waals surface area contributed by atoms with Crippen LogP contribution in [0.5, 0.6) is 17.2 Å². The van der Waals surface area contributed by atoms with E-state index in [0.717, 1.165) is 16.9 Å². The van der Waals surface area contributed by atoms with E-state index < -0.39 is 5.97 Å². The van der Waals surface area contributed by atoms with Gasteiger partial charge in [0.2, 0.25) is 0 Å². The fourth-order valence-electron chi connectivity index (χ4n) is 2.70. The summed E-state index contributed by atoms with van der Waals surface area (Å²) in [4.78, 5) is 11.1. The first-order valence-electron chi connectivity index (χ1n) is 9.09. The van der Waals surface area contributed by atoms with E-state index in [1.165, 1.54) is 12.1 Å². The van der Waals surface area contributed by atoms with Crippen LogP contribution in [0.1, 0.15) is 49.2 Å². The number of hydrogen-bond acceptors (Lipinski definition) is 4. The standard InChI is InChI=1S/C22H28O5/c1-6-25-20-14-16(21(23)24)8-10-18(20)26-11-12-27-19-13-15(2)7-9-17(19)22(3,4)5/h7-10,13-14H,6,11-12H2,1-5H3,(H,23,24). The fraction of sp³-hybridized carbons (Fsp3) is 0.409. The van der Waals surface area contributed by atoms with Gasteiger partial charge in [0.15, 0.2) is 11.5 Å². The van der Waals surface area contributed by atoms with Crippen LogP contribution in [-0.4, -0.2) is 30.9 Å². The van der Waals surface area contributed by atoms with Gasteiger partial charge < -0.3 is 19.3 Å². The van der Waals surface area contributed by atoms with E-state index in [0.29, 0.717) is 31.3 Å². The minimum Gasteiger partial charge on any atom is -0.490 e. The van der Waals surface area contributed by atoms with Crippen molar-refractivity contribution < 1.29 is 24.1 Å². The summed E-state index contributed by atoms with van der Waals surface area (Å²) in [5.41, 5.74) is 2.44. The Morgan fingerprint density at radius 1 is 0.926 bits per heavy atom. The van der Waals surface area contributed by atoms with Crippen molar-refractivity contribution in [3.63, 3.8) is 0 Å². The molecule has 2 aromatic rings. The molecule has 0 aliphatic rings. The SMILES string of the molecule is CCOc1cc(C(=O)O)ccc1OCCOc1cc(C)ccc1C(C)(C)C. The Balaban J connectivity index is 2.03. The zero-order valence-electron chi connectivity index (χ0n) is 16.7. The van der Waals surface area contributed by atoms with Crippen LogP contribution in [0, 0.1) is 6.92 Å². The van der Waals surface area contributed by atoms with Crippen molar-refractivity contribution in [2.45, 2.75) is 40.0 Å². The molecule has 2 aromatic carbocycles. The van der Waals surface area contributed by atoms with Gasteiger partial charge in [-0.15, -0.1) is 0 Å². The quantitative estimate of drug-likeness (QED) is 0.671. The van der Waals surface area contributed by atoms with Crippen molar-refractivity contribution >= 4 is 5.97 Å². The molecule has 0 bridgehead atoms. The number of benzene rings is 2. The van der Waals surface area contributed by atoms with Gasteiger partial charge in [0.25, 0.3) is 0 Å². The van der Waals surface area contributed by atoms with E-state index in [-0.39, 0.29) is 11.0 Å². The van der Waals surface area contributed by atoms with Crippen molar-refractivity contribution in [3.05, 3.63) is 53.1 Å². The molecule has 2 rings (SSSR count). The molecule has 27 heavy (non-hydrogen) atoms. The van der Waals surface area contributed by atoms with Crippen LogP contribution in [0.15, 0.2) is 36.4 Å². The van der Waals surface area contributed by atoms with Crippen molar-refractivity contribution in [3.8, 4) is 17.2 Å². The predicted molar refractivity (Wildman–Crippen MR) is 105 cm³/mol. The zero-order valence-corrected chi connectivity index (χ0v) is 16.7. The normalized spacial score (nSPS) is 11.1. The van der Waals surface area contributed by atoms with Gasteiger partial charge in [0.05, 0.1) is 12.2 Å². The molecule has 0 fully saturated rings. The lowest BCUT2D eigenvalue weighted by molar-refractivity contribution is 0.0696. The second-order valence-electron chi connectivity index (χ2n) is 7.35. The molecule has 5 nitrogen and oxygen atoms in total. The van der Waals surface area contributed by atoms with E-state index in [9.17, 15) is 4.79 Å². The molecule has 0 amide bonds. The molecule has 5 heteroatoms. The van der Waals surface area contributed by atoms with Crippen molar-refractivity contribution in [2.24, 2.45) is 0 Å². The van der Waals surface area contributed by atoms with Gasteiger partial charge in [0, 0.05) is 0 Å². The Labute approximate surface area is 160 Å². The molecule has 0 heterocycles. The molecule has 0 unspecified atom stereocenters. The van der Waals surface area contributed by atoms with Crippen LogP contribution < -0.4 is 14.2 Å². The highest BCUT2D eigenvalue weighted by Crippen LogP contribution is 2.32. The van der Waals surface area contributed by atoms with Gasteiger partial charge in [-0.25, -0.2) is 4.79 Å². The van der Waals surface area contributed by atoms with E-state index in [1.54, 1.807) is 6.07 Å². The van der Waals surface area contributed by atoms with Crippen LogP contribution in [0.25, 0.3) is 0 Å². The van der Waals surface area contributed by atoms with Crippen LogP contribution in [0.4, 0.5) is 0 Å². The second kappa shape index (κ2) is 8.80. The summed E-state index contributed by atoms with van der Waals surface area (Å²) in [5, 5.41) is 9.11. The Bertz CT molecular complexity index is 790. The van der Waals surface area contributed by atoms with E-state index >= 15 is 0 Å². The third-order valence-corrected chi connectivity index (χ3v) is 4.03. The maximum Gasteiger partial charge on any atom is 0.335 e. The molecular formula is C22H28O5. The van der Waals surface area contributed by atoms with E-state index in [2.05, 4.69) is 32.9 Å². The zero-order chi connectivity index (χ0) is 20.0. The smallest absolute Gasteiger partial charge is 0.335 e.